The fraction of sp³-hybridized carbons (Fsp3) is 0.667. The number of likely N-dealkylation sites (tertiary alicyclic amines) is 1. The quantitative estimate of drug-likeness (QED) is 0.851. The van der Waals surface area contributed by atoms with Crippen molar-refractivity contribution in [1.82, 2.24) is 10.2 Å². The second-order valence-electron chi connectivity index (χ2n) is 6.58. The van der Waals surface area contributed by atoms with E-state index in [1.807, 2.05) is 0 Å². The van der Waals surface area contributed by atoms with E-state index in [0.29, 0.717) is 6.04 Å². The lowest BCUT2D eigenvalue weighted by Crippen LogP contribution is -2.34. The molecule has 0 aromatic heterocycles. The van der Waals surface area contributed by atoms with Crippen molar-refractivity contribution in [2.75, 3.05) is 26.2 Å². The molecule has 2 unspecified atom stereocenters. The van der Waals surface area contributed by atoms with E-state index in [1.165, 1.54) is 42.6 Å². The van der Waals surface area contributed by atoms with Gasteiger partial charge in [-0.25, -0.2) is 0 Å². The number of hydrogen-bond donors (Lipinski definition) is 1. The first-order valence-electron chi connectivity index (χ1n) is 8.12. The van der Waals surface area contributed by atoms with E-state index in [1.54, 1.807) is 0 Å². The molecule has 1 aromatic rings. The van der Waals surface area contributed by atoms with E-state index >= 15 is 0 Å². The van der Waals surface area contributed by atoms with Gasteiger partial charge in [0, 0.05) is 19.1 Å². The smallest absolute Gasteiger partial charge is 0.0449 e. The van der Waals surface area contributed by atoms with Crippen molar-refractivity contribution in [3.05, 3.63) is 34.9 Å². The maximum Gasteiger partial charge on any atom is 0.0449 e. The van der Waals surface area contributed by atoms with Crippen molar-refractivity contribution < 1.29 is 0 Å². The normalized spacial score (nSPS) is 21.3. The van der Waals surface area contributed by atoms with Crippen LogP contribution in [0, 0.1) is 19.8 Å². The van der Waals surface area contributed by atoms with E-state index in [9.17, 15) is 0 Å². The Morgan fingerprint density at radius 2 is 1.95 bits per heavy atom. The van der Waals surface area contributed by atoms with Crippen molar-refractivity contribution >= 4 is 0 Å². The molecule has 1 heterocycles. The lowest BCUT2D eigenvalue weighted by Gasteiger charge is -2.26. The monoisotopic (exact) mass is 274 g/mol. The van der Waals surface area contributed by atoms with Gasteiger partial charge in [-0.2, -0.15) is 0 Å². The molecule has 2 heteroatoms. The number of benzene rings is 1. The van der Waals surface area contributed by atoms with Crippen LogP contribution >= 0.6 is 0 Å². The maximum atomic E-state index is 3.74. The van der Waals surface area contributed by atoms with Gasteiger partial charge in [0.15, 0.2) is 0 Å². The van der Waals surface area contributed by atoms with Crippen LogP contribution in [0.15, 0.2) is 18.2 Å². The molecule has 0 bridgehead atoms. The molecule has 2 rings (SSSR count). The molecule has 20 heavy (non-hydrogen) atoms. The first-order valence-corrected chi connectivity index (χ1v) is 8.12. The molecule has 2 nitrogen and oxygen atoms in total. The van der Waals surface area contributed by atoms with Crippen molar-refractivity contribution in [3.63, 3.8) is 0 Å². The van der Waals surface area contributed by atoms with Crippen molar-refractivity contribution in [1.29, 1.82) is 0 Å². The number of rotatable bonds is 6. The van der Waals surface area contributed by atoms with Gasteiger partial charge in [-0.15, -0.1) is 0 Å². The summed E-state index contributed by atoms with van der Waals surface area (Å²) in [5.74, 6) is 0.862. The molecule has 1 aromatic carbocycles. The van der Waals surface area contributed by atoms with Crippen LogP contribution in [-0.4, -0.2) is 31.1 Å². The molecule has 0 radical (unpaired) electrons. The minimum atomic E-state index is 0.471. The fourth-order valence-corrected chi connectivity index (χ4v) is 3.27. The van der Waals surface area contributed by atoms with E-state index in [-0.39, 0.29) is 0 Å². The third-order valence-corrected chi connectivity index (χ3v) is 4.24. The highest BCUT2D eigenvalue weighted by Crippen LogP contribution is 2.22. The minimum absolute atomic E-state index is 0.471. The van der Waals surface area contributed by atoms with E-state index < -0.39 is 0 Å². The van der Waals surface area contributed by atoms with E-state index in [0.717, 1.165) is 19.0 Å². The lowest BCUT2D eigenvalue weighted by molar-refractivity contribution is 0.285. The molecule has 1 fully saturated rings. The summed E-state index contributed by atoms with van der Waals surface area (Å²) in [5.41, 5.74) is 4.20. The summed E-state index contributed by atoms with van der Waals surface area (Å²) in [4.78, 5) is 2.62. The van der Waals surface area contributed by atoms with Gasteiger partial charge in [0.1, 0.15) is 0 Å². The average Bonchev–Trinajstić information content (AvgIpc) is 2.79. The second-order valence-corrected chi connectivity index (χ2v) is 6.58. The third kappa shape index (κ3) is 4.32. The minimum Gasteiger partial charge on any atom is -0.309 e. The van der Waals surface area contributed by atoms with Gasteiger partial charge >= 0.3 is 0 Å². The van der Waals surface area contributed by atoms with Crippen LogP contribution in [0.4, 0.5) is 0 Å². The van der Waals surface area contributed by atoms with Crippen LogP contribution in [-0.2, 0) is 0 Å². The SMILES string of the molecule is CCCNC(CN1CCC(C)C1)c1cc(C)cc(C)c1. The predicted molar refractivity (Wildman–Crippen MR) is 87.2 cm³/mol. The summed E-state index contributed by atoms with van der Waals surface area (Å²) in [6.07, 6.45) is 2.55. The Kier molecular flexibility index (Phi) is 5.62. The highest BCUT2D eigenvalue weighted by atomic mass is 15.2. The topological polar surface area (TPSA) is 15.3 Å². The number of aryl methyl sites for hydroxylation is 2. The second kappa shape index (κ2) is 7.24. The van der Waals surface area contributed by atoms with Crippen LogP contribution in [0.2, 0.25) is 0 Å². The standard InChI is InChI=1S/C18H30N2/c1-5-7-19-18(13-20-8-6-14(2)12-20)17-10-15(3)9-16(4)11-17/h9-11,14,18-19H,5-8,12-13H2,1-4H3. The Labute approximate surface area is 124 Å². The first kappa shape index (κ1) is 15.5. The fourth-order valence-electron chi connectivity index (χ4n) is 3.27. The highest BCUT2D eigenvalue weighted by Gasteiger charge is 2.22. The van der Waals surface area contributed by atoms with Crippen LogP contribution < -0.4 is 5.32 Å². The molecule has 0 amide bonds. The first-order chi connectivity index (χ1) is 9.58. The summed E-state index contributed by atoms with van der Waals surface area (Å²) in [6.45, 7) is 13.8. The van der Waals surface area contributed by atoms with Crippen molar-refractivity contribution in [2.24, 2.45) is 5.92 Å². The highest BCUT2D eigenvalue weighted by molar-refractivity contribution is 5.31. The maximum absolute atomic E-state index is 3.74. The summed E-state index contributed by atoms with van der Waals surface area (Å²) >= 11 is 0. The van der Waals surface area contributed by atoms with Gasteiger partial charge in [0.25, 0.3) is 0 Å². The Morgan fingerprint density at radius 1 is 1.25 bits per heavy atom. The lowest BCUT2D eigenvalue weighted by atomic mass is 10.0. The van der Waals surface area contributed by atoms with Crippen LogP contribution in [0.3, 0.4) is 0 Å². The predicted octanol–water partition coefficient (Wildman–Crippen LogP) is 3.69. The van der Waals surface area contributed by atoms with E-state index in [2.05, 4.69) is 56.1 Å². The molecule has 2 atom stereocenters. The number of nitrogens with zero attached hydrogens (tertiary/aromatic N) is 1. The number of nitrogens with one attached hydrogen (secondary N) is 1. The summed E-state index contributed by atoms with van der Waals surface area (Å²) in [7, 11) is 0. The molecular formula is C18H30N2. The largest absolute Gasteiger partial charge is 0.309 e. The molecule has 112 valence electrons. The molecule has 1 aliphatic heterocycles. The molecule has 1 aliphatic rings. The Bertz CT molecular complexity index is 407. The zero-order chi connectivity index (χ0) is 14.5. The van der Waals surface area contributed by atoms with Crippen molar-refractivity contribution in [2.45, 2.75) is 46.6 Å². The van der Waals surface area contributed by atoms with Crippen molar-refractivity contribution in [3.8, 4) is 0 Å². The third-order valence-electron chi connectivity index (χ3n) is 4.24. The summed E-state index contributed by atoms with van der Waals surface area (Å²) < 4.78 is 0. The molecule has 1 saturated heterocycles. The average molecular weight is 274 g/mol. The van der Waals surface area contributed by atoms with Gasteiger partial charge in [-0.05, 0) is 51.3 Å². The summed E-state index contributed by atoms with van der Waals surface area (Å²) in [5, 5.41) is 3.74. The molecular weight excluding hydrogens is 244 g/mol. The van der Waals surface area contributed by atoms with Gasteiger partial charge in [0.05, 0.1) is 0 Å². The summed E-state index contributed by atoms with van der Waals surface area (Å²) in [6, 6.07) is 7.43. The Morgan fingerprint density at radius 3 is 2.50 bits per heavy atom. The molecule has 1 N–H and O–H groups in total. The zero-order valence-corrected chi connectivity index (χ0v) is 13.6. The van der Waals surface area contributed by atoms with E-state index in [4.69, 9.17) is 0 Å². The Hall–Kier alpha value is -0.860. The zero-order valence-electron chi connectivity index (χ0n) is 13.6. The van der Waals surface area contributed by atoms with Gasteiger partial charge in [0.2, 0.25) is 0 Å². The molecule has 0 saturated carbocycles. The molecule has 0 aliphatic carbocycles. The van der Waals surface area contributed by atoms with Crippen LogP contribution in [0.25, 0.3) is 0 Å². The Balaban J connectivity index is 2.09. The van der Waals surface area contributed by atoms with Gasteiger partial charge in [-0.3, -0.25) is 0 Å². The van der Waals surface area contributed by atoms with Gasteiger partial charge < -0.3 is 10.2 Å². The van der Waals surface area contributed by atoms with Crippen LogP contribution in [0.5, 0.6) is 0 Å². The van der Waals surface area contributed by atoms with Crippen LogP contribution in [0.1, 0.15) is 49.4 Å². The van der Waals surface area contributed by atoms with Gasteiger partial charge in [-0.1, -0.05) is 43.2 Å². The number of hydrogen-bond acceptors (Lipinski definition) is 2. The molecule has 0 spiro atoms.